The highest BCUT2D eigenvalue weighted by molar-refractivity contribution is 4.68. The Bertz CT molecular complexity index is 156. The lowest BCUT2D eigenvalue weighted by molar-refractivity contribution is 0.150. The Morgan fingerprint density at radius 1 is 0.684 bits per heavy atom. The molecule has 1 unspecified atom stereocenters. The SMILES string of the molecule is CCCCCCCC[CH]CCC(O)CCCCCC. The van der Waals surface area contributed by atoms with Gasteiger partial charge in [0.1, 0.15) is 0 Å². The van der Waals surface area contributed by atoms with Gasteiger partial charge in [-0.1, -0.05) is 84.5 Å². The summed E-state index contributed by atoms with van der Waals surface area (Å²) in [5.74, 6) is 0. The van der Waals surface area contributed by atoms with E-state index in [-0.39, 0.29) is 6.10 Å². The van der Waals surface area contributed by atoms with Crippen molar-refractivity contribution in [2.45, 2.75) is 110 Å². The summed E-state index contributed by atoms with van der Waals surface area (Å²) in [6.07, 6.45) is 20.0. The molecule has 1 atom stereocenters. The van der Waals surface area contributed by atoms with E-state index in [2.05, 4.69) is 20.3 Å². The minimum atomic E-state index is -0.0577. The Morgan fingerprint density at radius 2 is 1.26 bits per heavy atom. The monoisotopic (exact) mass is 269 g/mol. The Hall–Kier alpha value is -0.0400. The van der Waals surface area contributed by atoms with Gasteiger partial charge in [-0.15, -0.1) is 0 Å². The zero-order chi connectivity index (χ0) is 14.2. The molecule has 0 amide bonds. The molecule has 0 saturated heterocycles. The lowest BCUT2D eigenvalue weighted by Crippen LogP contribution is -2.06. The second-order valence-corrected chi connectivity index (χ2v) is 5.93. The molecule has 0 heterocycles. The summed E-state index contributed by atoms with van der Waals surface area (Å²) in [6, 6.07) is 0. The van der Waals surface area contributed by atoms with Gasteiger partial charge in [0.05, 0.1) is 6.10 Å². The molecule has 0 saturated carbocycles. The van der Waals surface area contributed by atoms with Gasteiger partial charge in [-0.05, 0) is 25.7 Å². The van der Waals surface area contributed by atoms with Gasteiger partial charge in [-0.25, -0.2) is 0 Å². The smallest absolute Gasteiger partial charge is 0.0540 e. The Balaban J connectivity index is 3.07. The summed E-state index contributed by atoms with van der Waals surface area (Å²) in [5.41, 5.74) is 0. The molecule has 0 spiro atoms. The summed E-state index contributed by atoms with van der Waals surface area (Å²) >= 11 is 0. The van der Waals surface area contributed by atoms with Crippen LogP contribution < -0.4 is 0 Å². The molecule has 0 rings (SSSR count). The van der Waals surface area contributed by atoms with Gasteiger partial charge in [-0.2, -0.15) is 0 Å². The number of hydrogen-bond donors (Lipinski definition) is 1. The van der Waals surface area contributed by atoms with Gasteiger partial charge in [0, 0.05) is 0 Å². The van der Waals surface area contributed by atoms with E-state index in [1.54, 1.807) is 0 Å². The molecule has 115 valence electrons. The van der Waals surface area contributed by atoms with Crippen molar-refractivity contribution in [3.05, 3.63) is 6.42 Å². The normalized spacial score (nSPS) is 12.8. The summed E-state index contributed by atoms with van der Waals surface area (Å²) in [4.78, 5) is 0. The van der Waals surface area contributed by atoms with E-state index in [1.807, 2.05) is 0 Å². The van der Waals surface area contributed by atoms with E-state index in [9.17, 15) is 5.11 Å². The number of rotatable bonds is 15. The molecule has 0 aliphatic carbocycles. The average molecular weight is 269 g/mol. The third-order valence-corrected chi connectivity index (χ3v) is 3.86. The van der Waals surface area contributed by atoms with Crippen LogP contribution in [-0.2, 0) is 0 Å². The maximum Gasteiger partial charge on any atom is 0.0540 e. The van der Waals surface area contributed by atoms with Crippen molar-refractivity contribution in [3.8, 4) is 0 Å². The highest BCUT2D eigenvalue weighted by Gasteiger charge is 2.03. The molecule has 1 heteroatoms. The van der Waals surface area contributed by atoms with Gasteiger partial charge in [0.15, 0.2) is 0 Å². The summed E-state index contributed by atoms with van der Waals surface area (Å²) < 4.78 is 0. The van der Waals surface area contributed by atoms with Crippen LogP contribution in [0.1, 0.15) is 104 Å². The third-order valence-electron chi connectivity index (χ3n) is 3.86. The standard InChI is InChI=1S/C18H37O/c1-3-5-7-9-10-11-12-13-15-17-18(19)16-14-8-6-4-2/h13,18-19H,3-12,14-17H2,1-2H3. The Kier molecular flexibility index (Phi) is 16.0. The van der Waals surface area contributed by atoms with Gasteiger partial charge < -0.3 is 5.11 Å². The zero-order valence-electron chi connectivity index (χ0n) is 13.5. The van der Waals surface area contributed by atoms with Crippen molar-refractivity contribution in [1.82, 2.24) is 0 Å². The van der Waals surface area contributed by atoms with E-state index in [1.165, 1.54) is 70.6 Å². The quantitative estimate of drug-likeness (QED) is 0.359. The van der Waals surface area contributed by atoms with Crippen molar-refractivity contribution in [3.63, 3.8) is 0 Å². The van der Waals surface area contributed by atoms with Crippen LogP contribution in [0.3, 0.4) is 0 Å². The highest BCUT2D eigenvalue weighted by Crippen LogP contribution is 2.13. The minimum Gasteiger partial charge on any atom is -0.393 e. The van der Waals surface area contributed by atoms with Gasteiger partial charge >= 0.3 is 0 Å². The third kappa shape index (κ3) is 15.9. The first kappa shape index (κ1) is 19.0. The fourth-order valence-electron chi connectivity index (χ4n) is 2.47. The molecule has 0 aromatic heterocycles. The molecule has 0 aromatic carbocycles. The number of unbranched alkanes of at least 4 members (excludes halogenated alkanes) is 11. The van der Waals surface area contributed by atoms with Crippen molar-refractivity contribution in [2.24, 2.45) is 0 Å². The van der Waals surface area contributed by atoms with Crippen molar-refractivity contribution in [2.75, 3.05) is 0 Å². The largest absolute Gasteiger partial charge is 0.393 e. The first-order chi connectivity index (χ1) is 9.31. The van der Waals surface area contributed by atoms with Crippen molar-refractivity contribution < 1.29 is 5.11 Å². The molecular formula is C18H37O. The second-order valence-electron chi connectivity index (χ2n) is 5.93. The zero-order valence-corrected chi connectivity index (χ0v) is 13.5. The van der Waals surface area contributed by atoms with E-state index >= 15 is 0 Å². The summed E-state index contributed by atoms with van der Waals surface area (Å²) in [5, 5.41) is 9.83. The van der Waals surface area contributed by atoms with Gasteiger partial charge in [-0.3, -0.25) is 0 Å². The molecular weight excluding hydrogens is 232 g/mol. The fraction of sp³-hybridized carbons (Fsp3) is 0.944. The molecule has 0 fully saturated rings. The van der Waals surface area contributed by atoms with Crippen LogP contribution >= 0.6 is 0 Å². The van der Waals surface area contributed by atoms with Crippen LogP contribution in [0.5, 0.6) is 0 Å². The average Bonchev–Trinajstić information content (AvgIpc) is 2.42. The summed E-state index contributed by atoms with van der Waals surface area (Å²) in [6.45, 7) is 4.50. The lowest BCUT2D eigenvalue weighted by atomic mass is 10.0. The lowest BCUT2D eigenvalue weighted by Gasteiger charge is -2.09. The molecule has 0 aromatic rings. The first-order valence-corrected chi connectivity index (χ1v) is 8.81. The Labute approximate surface area is 122 Å². The molecule has 1 N–H and O–H groups in total. The van der Waals surface area contributed by atoms with Gasteiger partial charge in [0.25, 0.3) is 0 Å². The van der Waals surface area contributed by atoms with E-state index in [0.717, 1.165) is 19.3 Å². The van der Waals surface area contributed by atoms with Crippen molar-refractivity contribution >= 4 is 0 Å². The van der Waals surface area contributed by atoms with Crippen molar-refractivity contribution in [1.29, 1.82) is 0 Å². The molecule has 1 nitrogen and oxygen atoms in total. The predicted octanol–water partition coefficient (Wildman–Crippen LogP) is 6.05. The molecule has 1 radical (unpaired) electrons. The fourth-order valence-corrected chi connectivity index (χ4v) is 2.47. The van der Waals surface area contributed by atoms with Crippen LogP contribution in [0.15, 0.2) is 0 Å². The van der Waals surface area contributed by atoms with Crippen LogP contribution in [0.25, 0.3) is 0 Å². The van der Waals surface area contributed by atoms with Crippen LogP contribution in [0.4, 0.5) is 0 Å². The van der Waals surface area contributed by atoms with E-state index in [4.69, 9.17) is 0 Å². The second kappa shape index (κ2) is 16.0. The topological polar surface area (TPSA) is 20.2 Å². The Morgan fingerprint density at radius 3 is 1.95 bits per heavy atom. The molecule has 19 heavy (non-hydrogen) atoms. The number of aliphatic hydroxyl groups is 1. The van der Waals surface area contributed by atoms with Crippen LogP contribution in [0, 0.1) is 6.42 Å². The van der Waals surface area contributed by atoms with Crippen LogP contribution in [0.2, 0.25) is 0 Å². The van der Waals surface area contributed by atoms with E-state index in [0.29, 0.717) is 0 Å². The van der Waals surface area contributed by atoms with Gasteiger partial charge in [0.2, 0.25) is 0 Å². The molecule has 0 aliphatic heterocycles. The predicted molar refractivity (Wildman–Crippen MR) is 86.3 cm³/mol. The van der Waals surface area contributed by atoms with Crippen LogP contribution in [-0.4, -0.2) is 11.2 Å². The maximum atomic E-state index is 9.83. The highest BCUT2D eigenvalue weighted by atomic mass is 16.3. The molecule has 0 bridgehead atoms. The first-order valence-electron chi connectivity index (χ1n) is 8.81. The number of aliphatic hydroxyl groups excluding tert-OH is 1. The van der Waals surface area contributed by atoms with E-state index < -0.39 is 0 Å². The summed E-state index contributed by atoms with van der Waals surface area (Å²) in [7, 11) is 0. The maximum absolute atomic E-state index is 9.83. The minimum absolute atomic E-state index is 0.0577. The number of hydrogen-bond acceptors (Lipinski definition) is 1. The molecule has 0 aliphatic rings.